The molecule has 0 spiro atoms. The van der Waals surface area contributed by atoms with E-state index in [0.717, 1.165) is 62.0 Å². The zero-order valence-electron chi connectivity index (χ0n) is 25.3. The number of nitrogens with zero attached hydrogens (tertiary/aromatic N) is 3. The van der Waals surface area contributed by atoms with Crippen LogP contribution in [0.25, 0.3) is 67.5 Å². The lowest BCUT2D eigenvalue weighted by atomic mass is 9.99. The fourth-order valence-electron chi connectivity index (χ4n) is 6.60. The third-order valence-electron chi connectivity index (χ3n) is 8.86. The Labute approximate surface area is 265 Å². The van der Waals surface area contributed by atoms with Crippen molar-refractivity contribution in [3.05, 3.63) is 152 Å². The maximum absolute atomic E-state index is 5.33. The van der Waals surface area contributed by atoms with Crippen LogP contribution in [-0.4, -0.2) is 23.0 Å². The average molecular weight is 594 g/mol. The van der Waals surface area contributed by atoms with Crippen molar-refractivity contribution in [1.29, 1.82) is 0 Å². The molecule has 1 aliphatic heterocycles. The van der Waals surface area contributed by atoms with Crippen molar-refractivity contribution in [1.82, 2.24) is 15.0 Å². The normalized spacial score (nSPS) is 12.8. The van der Waals surface area contributed by atoms with Crippen LogP contribution in [0.15, 0.2) is 152 Å². The molecular weight excluding hydrogens is 563 g/mol. The van der Waals surface area contributed by atoms with Gasteiger partial charge in [0.25, 0.3) is 0 Å². The standard InChI is InChI=1S/C41H31N3Si/c1-45(2)37-24-13-12-23-34(37)39-40(45)38(30-19-10-5-11-20-30)43-41(44-39)32-22-14-21-31(25-32)36-27-33(28-15-6-3-7-16-28)26-35(42-36)29-17-8-4-9-18-29/h3-27H,1-2H3. The van der Waals surface area contributed by atoms with Crippen molar-refractivity contribution < 1.29 is 0 Å². The summed E-state index contributed by atoms with van der Waals surface area (Å²) in [5, 5.41) is 2.74. The summed E-state index contributed by atoms with van der Waals surface area (Å²) in [6.07, 6.45) is 0. The molecule has 3 nitrogen and oxygen atoms in total. The minimum Gasteiger partial charge on any atom is -0.248 e. The number of pyridine rings is 1. The molecule has 214 valence electrons. The fourth-order valence-corrected chi connectivity index (χ4v) is 9.83. The summed E-state index contributed by atoms with van der Waals surface area (Å²) >= 11 is 0. The summed E-state index contributed by atoms with van der Waals surface area (Å²) in [7, 11) is -2.01. The van der Waals surface area contributed by atoms with Gasteiger partial charge in [-0.05, 0) is 45.3 Å². The zero-order chi connectivity index (χ0) is 30.4. The number of rotatable bonds is 5. The maximum Gasteiger partial charge on any atom is 0.160 e. The number of hydrogen-bond donors (Lipinski definition) is 0. The summed E-state index contributed by atoms with van der Waals surface area (Å²) in [6.45, 7) is 4.84. The lowest BCUT2D eigenvalue weighted by Gasteiger charge is -2.21. The number of hydrogen-bond acceptors (Lipinski definition) is 3. The van der Waals surface area contributed by atoms with Gasteiger partial charge in [0.05, 0.1) is 22.8 Å². The van der Waals surface area contributed by atoms with Gasteiger partial charge in [0.2, 0.25) is 0 Å². The van der Waals surface area contributed by atoms with E-state index in [2.05, 4.69) is 159 Å². The van der Waals surface area contributed by atoms with Gasteiger partial charge in [-0.1, -0.05) is 147 Å². The van der Waals surface area contributed by atoms with Crippen molar-refractivity contribution in [2.24, 2.45) is 0 Å². The van der Waals surface area contributed by atoms with E-state index in [4.69, 9.17) is 15.0 Å². The average Bonchev–Trinajstić information content (AvgIpc) is 3.35. The molecule has 0 N–H and O–H groups in total. The van der Waals surface area contributed by atoms with Gasteiger partial charge in [-0.15, -0.1) is 0 Å². The van der Waals surface area contributed by atoms with E-state index in [-0.39, 0.29) is 0 Å². The highest BCUT2D eigenvalue weighted by molar-refractivity contribution is 7.04. The van der Waals surface area contributed by atoms with Crippen LogP contribution < -0.4 is 10.4 Å². The van der Waals surface area contributed by atoms with E-state index < -0.39 is 8.07 Å². The van der Waals surface area contributed by atoms with Crippen LogP contribution in [0.1, 0.15) is 0 Å². The molecule has 0 amide bonds. The first-order chi connectivity index (χ1) is 22.1. The van der Waals surface area contributed by atoms with Crippen LogP contribution in [0.5, 0.6) is 0 Å². The Morgan fingerprint density at radius 3 is 1.64 bits per heavy atom. The van der Waals surface area contributed by atoms with Gasteiger partial charge >= 0.3 is 0 Å². The number of aromatic nitrogens is 3. The lowest BCUT2D eigenvalue weighted by Crippen LogP contribution is -2.50. The quantitative estimate of drug-likeness (QED) is 0.187. The van der Waals surface area contributed by atoms with Crippen LogP contribution in [0.3, 0.4) is 0 Å². The fraction of sp³-hybridized carbons (Fsp3) is 0.0488. The molecule has 2 aromatic heterocycles. The van der Waals surface area contributed by atoms with Gasteiger partial charge < -0.3 is 0 Å². The zero-order valence-corrected chi connectivity index (χ0v) is 26.3. The van der Waals surface area contributed by atoms with Crippen molar-refractivity contribution >= 4 is 18.4 Å². The largest absolute Gasteiger partial charge is 0.248 e. The predicted octanol–water partition coefficient (Wildman–Crippen LogP) is 9.01. The molecule has 0 saturated carbocycles. The second kappa shape index (κ2) is 10.9. The SMILES string of the molecule is C[Si]1(C)c2ccccc2-c2nc(-c3cccc(-c4cc(-c5ccccc5)cc(-c5ccccc5)n4)c3)nc(-c3ccccc3)c21. The number of benzene rings is 5. The van der Waals surface area contributed by atoms with Crippen LogP contribution in [-0.2, 0) is 0 Å². The highest BCUT2D eigenvalue weighted by Crippen LogP contribution is 2.35. The van der Waals surface area contributed by atoms with Crippen molar-refractivity contribution in [3.63, 3.8) is 0 Å². The van der Waals surface area contributed by atoms with E-state index in [1.54, 1.807) is 0 Å². The third-order valence-corrected chi connectivity index (χ3v) is 12.4. The molecule has 7 aromatic rings. The molecule has 0 bridgehead atoms. The molecule has 0 saturated heterocycles. The molecule has 1 aliphatic rings. The first kappa shape index (κ1) is 27.1. The molecule has 5 aromatic carbocycles. The van der Waals surface area contributed by atoms with Crippen LogP contribution in [0.4, 0.5) is 0 Å². The monoisotopic (exact) mass is 593 g/mol. The third kappa shape index (κ3) is 4.80. The summed E-state index contributed by atoms with van der Waals surface area (Å²) in [6, 6.07) is 53.2. The van der Waals surface area contributed by atoms with Gasteiger partial charge in [-0.3, -0.25) is 0 Å². The van der Waals surface area contributed by atoms with E-state index >= 15 is 0 Å². The molecule has 3 heterocycles. The Balaban J connectivity index is 1.31. The molecule has 4 heteroatoms. The van der Waals surface area contributed by atoms with E-state index in [9.17, 15) is 0 Å². The molecule has 45 heavy (non-hydrogen) atoms. The Bertz CT molecular complexity index is 2120. The molecule has 0 unspecified atom stereocenters. The van der Waals surface area contributed by atoms with Crippen LogP contribution >= 0.6 is 0 Å². The van der Waals surface area contributed by atoms with Crippen molar-refractivity contribution in [3.8, 4) is 67.5 Å². The second-order valence-corrected chi connectivity index (χ2v) is 16.4. The molecular formula is C41H31N3Si. The van der Waals surface area contributed by atoms with Gasteiger partial charge in [-0.25, -0.2) is 15.0 Å². The van der Waals surface area contributed by atoms with Gasteiger partial charge in [0, 0.05) is 22.3 Å². The Kier molecular flexibility index (Phi) is 6.58. The van der Waals surface area contributed by atoms with Crippen LogP contribution in [0, 0.1) is 0 Å². The summed E-state index contributed by atoms with van der Waals surface area (Å²) in [5.74, 6) is 0.735. The molecule has 0 fully saturated rings. The summed E-state index contributed by atoms with van der Waals surface area (Å²) in [4.78, 5) is 15.8. The molecule has 0 radical (unpaired) electrons. The Hall–Kier alpha value is -5.45. The Morgan fingerprint density at radius 1 is 0.400 bits per heavy atom. The van der Waals surface area contributed by atoms with Crippen LogP contribution in [0.2, 0.25) is 13.1 Å². The predicted molar refractivity (Wildman–Crippen MR) is 189 cm³/mol. The highest BCUT2D eigenvalue weighted by Gasteiger charge is 2.41. The summed E-state index contributed by atoms with van der Waals surface area (Å²) in [5.41, 5.74) is 11.7. The van der Waals surface area contributed by atoms with Gasteiger partial charge in [0.1, 0.15) is 8.07 Å². The van der Waals surface area contributed by atoms with E-state index in [0.29, 0.717) is 0 Å². The van der Waals surface area contributed by atoms with Crippen molar-refractivity contribution in [2.75, 3.05) is 0 Å². The minimum absolute atomic E-state index is 0.735. The van der Waals surface area contributed by atoms with Gasteiger partial charge in [0.15, 0.2) is 5.82 Å². The van der Waals surface area contributed by atoms with E-state index in [1.807, 2.05) is 6.07 Å². The Morgan fingerprint density at radius 2 is 0.933 bits per heavy atom. The first-order valence-corrected chi connectivity index (χ1v) is 18.4. The first-order valence-electron chi connectivity index (χ1n) is 15.4. The maximum atomic E-state index is 5.33. The van der Waals surface area contributed by atoms with Gasteiger partial charge in [-0.2, -0.15) is 0 Å². The molecule has 0 aliphatic carbocycles. The number of fused-ring (bicyclic) bond motifs is 3. The molecule has 0 atom stereocenters. The lowest BCUT2D eigenvalue weighted by molar-refractivity contribution is 1.20. The smallest absolute Gasteiger partial charge is 0.160 e. The minimum atomic E-state index is -2.01. The van der Waals surface area contributed by atoms with Crippen molar-refractivity contribution in [2.45, 2.75) is 13.1 Å². The summed E-state index contributed by atoms with van der Waals surface area (Å²) < 4.78 is 0. The highest BCUT2D eigenvalue weighted by atomic mass is 28.3. The second-order valence-electron chi connectivity index (χ2n) is 12.1. The molecule has 8 rings (SSSR count). The topological polar surface area (TPSA) is 38.7 Å². The van der Waals surface area contributed by atoms with E-state index in [1.165, 1.54) is 15.9 Å².